The van der Waals surface area contributed by atoms with Crippen LogP contribution in [0.1, 0.15) is 26.3 Å². The topological polar surface area (TPSA) is 62.3 Å². The molecule has 1 atom stereocenters. The SMILES string of the molecule is CC(C)CNc1nc(-c2ccc3c(c2)C[C@H](C)N3S(C)(=O)=O)cs1. The van der Waals surface area contributed by atoms with E-state index in [2.05, 4.69) is 30.2 Å². The van der Waals surface area contributed by atoms with Crippen LogP contribution < -0.4 is 9.62 Å². The van der Waals surface area contributed by atoms with Crippen LogP contribution in [0.2, 0.25) is 0 Å². The molecule has 0 saturated carbocycles. The monoisotopic (exact) mass is 365 g/mol. The van der Waals surface area contributed by atoms with Gasteiger partial charge in [-0.05, 0) is 37.0 Å². The predicted molar refractivity (Wildman–Crippen MR) is 101 cm³/mol. The third kappa shape index (κ3) is 3.42. The first-order chi connectivity index (χ1) is 11.3. The van der Waals surface area contributed by atoms with Crippen molar-refractivity contribution in [3.05, 3.63) is 29.1 Å². The summed E-state index contributed by atoms with van der Waals surface area (Å²) < 4.78 is 25.5. The summed E-state index contributed by atoms with van der Waals surface area (Å²) in [6, 6.07) is 5.88. The molecule has 3 rings (SSSR count). The molecule has 7 heteroatoms. The molecule has 2 aromatic rings. The van der Waals surface area contributed by atoms with Gasteiger partial charge in [0.25, 0.3) is 0 Å². The van der Waals surface area contributed by atoms with Crippen molar-refractivity contribution in [2.45, 2.75) is 33.2 Å². The zero-order valence-corrected chi connectivity index (χ0v) is 16.0. The lowest BCUT2D eigenvalue weighted by Gasteiger charge is -2.21. The van der Waals surface area contributed by atoms with Crippen LogP contribution in [-0.2, 0) is 16.4 Å². The minimum atomic E-state index is -3.24. The molecule has 0 unspecified atom stereocenters. The van der Waals surface area contributed by atoms with Gasteiger partial charge in [-0.15, -0.1) is 11.3 Å². The number of thiazole rings is 1. The number of rotatable bonds is 5. The molecule has 1 N–H and O–H groups in total. The summed E-state index contributed by atoms with van der Waals surface area (Å²) in [4.78, 5) is 4.64. The van der Waals surface area contributed by atoms with Gasteiger partial charge in [0.15, 0.2) is 5.13 Å². The Bertz CT molecular complexity index is 843. The number of aromatic nitrogens is 1. The van der Waals surface area contributed by atoms with Gasteiger partial charge in [0.2, 0.25) is 10.0 Å². The lowest BCUT2D eigenvalue weighted by atomic mass is 10.1. The summed E-state index contributed by atoms with van der Waals surface area (Å²) in [5, 5.41) is 6.30. The van der Waals surface area contributed by atoms with E-state index in [4.69, 9.17) is 0 Å². The highest BCUT2D eigenvalue weighted by Gasteiger charge is 2.32. The van der Waals surface area contributed by atoms with Gasteiger partial charge in [-0.2, -0.15) is 0 Å². The van der Waals surface area contributed by atoms with Crippen molar-refractivity contribution < 1.29 is 8.42 Å². The average Bonchev–Trinajstić information content (AvgIpc) is 3.06. The summed E-state index contributed by atoms with van der Waals surface area (Å²) in [5.74, 6) is 0.570. The number of nitrogens with one attached hydrogen (secondary N) is 1. The molecular weight excluding hydrogens is 342 g/mol. The van der Waals surface area contributed by atoms with E-state index in [0.29, 0.717) is 5.92 Å². The first kappa shape index (κ1) is 17.2. The Morgan fingerprint density at radius 3 is 2.83 bits per heavy atom. The maximum Gasteiger partial charge on any atom is 0.232 e. The molecule has 0 aliphatic carbocycles. The first-order valence-electron chi connectivity index (χ1n) is 8.08. The van der Waals surface area contributed by atoms with Crippen molar-refractivity contribution in [2.75, 3.05) is 22.4 Å². The van der Waals surface area contributed by atoms with Gasteiger partial charge in [-0.25, -0.2) is 13.4 Å². The standard InChI is InChI=1S/C17H23N3O2S2/c1-11(2)9-18-17-19-15(10-23-17)13-5-6-16-14(8-13)7-12(3)20(16)24(4,21)22/h5-6,8,10-12H,7,9H2,1-4H3,(H,18,19)/t12-/m0/s1. The second-order valence-electron chi connectivity index (χ2n) is 6.77. The van der Waals surface area contributed by atoms with E-state index in [1.807, 2.05) is 24.4 Å². The summed E-state index contributed by atoms with van der Waals surface area (Å²) in [6.07, 6.45) is 2.00. The van der Waals surface area contributed by atoms with Crippen molar-refractivity contribution >= 4 is 32.2 Å². The normalized spacial score (nSPS) is 17.4. The molecule has 1 aromatic heterocycles. The number of benzene rings is 1. The first-order valence-corrected chi connectivity index (χ1v) is 10.8. The van der Waals surface area contributed by atoms with Gasteiger partial charge in [0.1, 0.15) is 0 Å². The highest BCUT2D eigenvalue weighted by molar-refractivity contribution is 7.92. The molecule has 0 amide bonds. The highest BCUT2D eigenvalue weighted by Crippen LogP contribution is 2.37. The molecule has 0 spiro atoms. The van der Waals surface area contributed by atoms with Crippen LogP contribution in [0.4, 0.5) is 10.8 Å². The van der Waals surface area contributed by atoms with Gasteiger partial charge in [0, 0.05) is 23.5 Å². The third-order valence-electron chi connectivity index (χ3n) is 4.05. The third-order valence-corrected chi connectivity index (χ3v) is 6.12. The van der Waals surface area contributed by atoms with Gasteiger partial charge in [-0.3, -0.25) is 4.31 Å². The van der Waals surface area contributed by atoms with Crippen molar-refractivity contribution in [3.63, 3.8) is 0 Å². The van der Waals surface area contributed by atoms with E-state index in [1.165, 1.54) is 10.6 Å². The fourth-order valence-corrected chi connectivity index (χ4v) is 5.04. The lowest BCUT2D eigenvalue weighted by Crippen LogP contribution is -2.34. The second kappa shape index (κ2) is 6.37. The van der Waals surface area contributed by atoms with Crippen LogP contribution in [0, 0.1) is 5.92 Å². The highest BCUT2D eigenvalue weighted by atomic mass is 32.2. The van der Waals surface area contributed by atoms with Crippen molar-refractivity contribution in [1.29, 1.82) is 0 Å². The largest absolute Gasteiger partial charge is 0.361 e. The maximum absolute atomic E-state index is 12.0. The van der Waals surface area contributed by atoms with Crippen molar-refractivity contribution in [3.8, 4) is 11.3 Å². The molecule has 0 fully saturated rings. The number of hydrogen-bond donors (Lipinski definition) is 1. The van der Waals surface area contributed by atoms with Crippen LogP contribution >= 0.6 is 11.3 Å². The predicted octanol–water partition coefficient (Wildman–Crippen LogP) is 3.59. The second-order valence-corrected chi connectivity index (χ2v) is 9.49. The van der Waals surface area contributed by atoms with Gasteiger partial charge < -0.3 is 5.32 Å². The van der Waals surface area contributed by atoms with E-state index in [0.717, 1.165) is 40.6 Å². The van der Waals surface area contributed by atoms with Crippen LogP contribution in [0.15, 0.2) is 23.6 Å². The Balaban J connectivity index is 1.87. The van der Waals surface area contributed by atoms with E-state index in [-0.39, 0.29) is 6.04 Å². The van der Waals surface area contributed by atoms with E-state index in [9.17, 15) is 8.42 Å². The van der Waals surface area contributed by atoms with E-state index < -0.39 is 10.0 Å². The maximum atomic E-state index is 12.0. The van der Waals surface area contributed by atoms with Gasteiger partial charge in [-0.1, -0.05) is 19.9 Å². The minimum Gasteiger partial charge on any atom is -0.361 e. The molecule has 5 nitrogen and oxygen atoms in total. The molecule has 0 bridgehead atoms. The summed E-state index contributed by atoms with van der Waals surface area (Å²) in [5.41, 5.74) is 3.82. The molecule has 0 radical (unpaired) electrons. The van der Waals surface area contributed by atoms with Crippen LogP contribution in [0.3, 0.4) is 0 Å². The molecule has 1 aliphatic heterocycles. The Hall–Kier alpha value is -1.60. The zero-order chi connectivity index (χ0) is 17.5. The number of hydrogen-bond acceptors (Lipinski definition) is 5. The van der Waals surface area contributed by atoms with Crippen LogP contribution in [-0.4, -0.2) is 32.2 Å². The van der Waals surface area contributed by atoms with Gasteiger partial charge >= 0.3 is 0 Å². The Morgan fingerprint density at radius 1 is 1.42 bits per heavy atom. The Morgan fingerprint density at radius 2 is 2.17 bits per heavy atom. The molecule has 0 saturated heterocycles. The van der Waals surface area contributed by atoms with E-state index in [1.54, 1.807) is 11.3 Å². The molecule has 130 valence electrons. The summed E-state index contributed by atoms with van der Waals surface area (Å²) in [7, 11) is -3.24. The minimum absolute atomic E-state index is 0.0380. The smallest absolute Gasteiger partial charge is 0.232 e. The van der Waals surface area contributed by atoms with Crippen molar-refractivity contribution in [1.82, 2.24) is 4.98 Å². The van der Waals surface area contributed by atoms with Crippen LogP contribution in [0.25, 0.3) is 11.3 Å². The molecule has 24 heavy (non-hydrogen) atoms. The number of nitrogens with zero attached hydrogens (tertiary/aromatic N) is 2. The molecule has 1 aliphatic rings. The molecule has 1 aromatic carbocycles. The van der Waals surface area contributed by atoms with Crippen LogP contribution in [0.5, 0.6) is 0 Å². The van der Waals surface area contributed by atoms with Crippen molar-refractivity contribution in [2.24, 2.45) is 5.92 Å². The van der Waals surface area contributed by atoms with E-state index >= 15 is 0 Å². The fraction of sp³-hybridized carbons (Fsp3) is 0.471. The molecular formula is C17H23N3O2S2. The lowest BCUT2D eigenvalue weighted by molar-refractivity contribution is 0.590. The fourth-order valence-electron chi connectivity index (χ4n) is 3.05. The summed E-state index contributed by atoms with van der Waals surface area (Å²) >= 11 is 1.60. The quantitative estimate of drug-likeness (QED) is 0.879. The number of anilines is 2. The Kier molecular flexibility index (Phi) is 4.57. The zero-order valence-electron chi connectivity index (χ0n) is 14.4. The number of fused-ring (bicyclic) bond motifs is 1. The Labute approximate surface area is 147 Å². The van der Waals surface area contributed by atoms with Gasteiger partial charge in [0.05, 0.1) is 17.6 Å². The number of sulfonamides is 1. The molecule has 2 heterocycles. The average molecular weight is 366 g/mol. The summed E-state index contributed by atoms with van der Waals surface area (Å²) in [6.45, 7) is 7.17.